The van der Waals surface area contributed by atoms with Crippen LogP contribution in [0.4, 0.5) is 0 Å². The van der Waals surface area contributed by atoms with Gasteiger partial charge in [-0.15, -0.1) is 0 Å². The summed E-state index contributed by atoms with van der Waals surface area (Å²) >= 11 is 0.790. The molecule has 0 aromatic carbocycles. The molecule has 1 aliphatic heterocycles. The van der Waals surface area contributed by atoms with Gasteiger partial charge in [-0.1, -0.05) is 13.8 Å². The van der Waals surface area contributed by atoms with Gasteiger partial charge in [-0.05, 0) is 5.92 Å². The molecule has 70 valence electrons. The highest BCUT2D eigenvalue weighted by Crippen LogP contribution is 2.12. The first-order valence-electron chi connectivity index (χ1n) is 4.73. The van der Waals surface area contributed by atoms with Crippen molar-refractivity contribution in [1.82, 2.24) is 4.90 Å². The molecular formula is C9H18NOS+. The second-order valence-electron chi connectivity index (χ2n) is 3.99. The number of piperidine rings is 1. The second kappa shape index (κ2) is 4.87. The zero-order valence-corrected chi connectivity index (χ0v) is 8.77. The van der Waals surface area contributed by atoms with E-state index >= 15 is 0 Å². The quantitative estimate of drug-likeness (QED) is 0.626. The monoisotopic (exact) mass is 188 g/mol. The van der Waals surface area contributed by atoms with Gasteiger partial charge in [0.25, 0.3) is 0 Å². The molecule has 0 spiro atoms. The average Bonchev–Trinajstić information content (AvgIpc) is 2.05. The van der Waals surface area contributed by atoms with Crippen molar-refractivity contribution in [2.45, 2.75) is 31.9 Å². The maximum absolute atomic E-state index is 10.5. The maximum atomic E-state index is 10.5. The summed E-state index contributed by atoms with van der Waals surface area (Å²) in [5.74, 6) is 0.751. The molecule has 0 atom stereocenters. The van der Waals surface area contributed by atoms with E-state index in [2.05, 4.69) is 18.7 Å². The molecule has 12 heavy (non-hydrogen) atoms. The van der Waals surface area contributed by atoms with Crippen LogP contribution in [0.3, 0.4) is 0 Å². The van der Waals surface area contributed by atoms with Crippen molar-refractivity contribution in [2.24, 2.45) is 5.92 Å². The summed E-state index contributed by atoms with van der Waals surface area (Å²) in [4.78, 5) is 2.47. The molecule has 0 aliphatic carbocycles. The molecular weight excluding hydrogens is 170 g/mol. The molecule has 1 saturated heterocycles. The van der Waals surface area contributed by atoms with E-state index in [0.717, 1.165) is 43.5 Å². The van der Waals surface area contributed by atoms with Crippen molar-refractivity contribution in [3.63, 3.8) is 0 Å². The fraction of sp³-hybridized carbons (Fsp3) is 1.00. The Morgan fingerprint density at radius 2 is 2.00 bits per heavy atom. The molecule has 0 saturated carbocycles. The Kier molecular flexibility index (Phi) is 4.09. The third-order valence-corrected chi connectivity index (χ3v) is 3.04. The van der Waals surface area contributed by atoms with Crippen molar-refractivity contribution in [3.05, 3.63) is 0 Å². The average molecular weight is 188 g/mol. The number of likely N-dealkylation sites (tertiary alicyclic amines) is 1. The molecule has 1 fully saturated rings. The number of nitrogens with zero attached hydrogens (tertiary/aromatic N) is 1. The van der Waals surface area contributed by atoms with Gasteiger partial charge in [0.2, 0.25) is 5.25 Å². The second-order valence-corrected chi connectivity index (χ2v) is 4.85. The van der Waals surface area contributed by atoms with Crippen LogP contribution in [0.1, 0.15) is 26.7 Å². The maximum Gasteiger partial charge on any atom is 0.462 e. The van der Waals surface area contributed by atoms with E-state index in [0.29, 0.717) is 5.25 Å². The van der Waals surface area contributed by atoms with Gasteiger partial charge in [0.05, 0.1) is 0 Å². The van der Waals surface area contributed by atoms with Crippen molar-refractivity contribution in [1.29, 1.82) is 0 Å². The predicted octanol–water partition coefficient (Wildman–Crippen LogP) is 1.53. The molecule has 0 aromatic heterocycles. The standard InChI is InChI=1S/C9H18NOS/c1-8(2)7-10-5-3-9(12-11)4-6-10/h8-9H,3-7H2,1-2H3/q+1. The summed E-state index contributed by atoms with van der Waals surface area (Å²) < 4.78 is 10.5. The van der Waals surface area contributed by atoms with Crippen LogP contribution in [0.15, 0.2) is 0 Å². The van der Waals surface area contributed by atoms with Gasteiger partial charge >= 0.3 is 11.7 Å². The van der Waals surface area contributed by atoms with Crippen molar-refractivity contribution in [2.75, 3.05) is 19.6 Å². The van der Waals surface area contributed by atoms with E-state index in [1.165, 1.54) is 6.54 Å². The molecule has 0 aromatic rings. The molecule has 2 nitrogen and oxygen atoms in total. The van der Waals surface area contributed by atoms with Gasteiger partial charge in [-0.2, -0.15) is 0 Å². The highest BCUT2D eigenvalue weighted by Gasteiger charge is 2.27. The lowest BCUT2D eigenvalue weighted by atomic mass is 10.1. The van der Waals surface area contributed by atoms with Crippen LogP contribution in [-0.2, 0) is 15.9 Å². The lowest BCUT2D eigenvalue weighted by Crippen LogP contribution is -2.37. The van der Waals surface area contributed by atoms with Crippen molar-refractivity contribution in [3.8, 4) is 0 Å². The first-order valence-corrected chi connectivity index (χ1v) is 5.54. The summed E-state index contributed by atoms with van der Waals surface area (Å²) in [7, 11) is 0. The Balaban J connectivity index is 2.21. The van der Waals surface area contributed by atoms with Crippen LogP contribution >= 0.6 is 0 Å². The van der Waals surface area contributed by atoms with Crippen LogP contribution in [0.5, 0.6) is 0 Å². The molecule has 0 bridgehead atoms. The van der Waals surface area contributed by atoms with Crippen LogP contribution in [0, 0.1) is 5.92 Å². The summed E-state index contributed by atoms with van der Waals surface area (Å²) in [6, 6.07) is 0. The summed E-state index contributed by atoms with van der Waals surface area (Å²) in [5, 5.41) is 0.383. The number of rotatable bonds is 3. The largest absolute Gasteiger partial charge is 0.462 e. The fourth-order valence-corrected chi connectivity index (χ4v) is 2.11. The normalized spacial score (nSPS) is 21.6. The molecule has 0 N–H and O–H groups in total. The lowest BCUT2D eigenvalue weighted by molar-refractivity contribution is 0.209. The van der Waals surface area contributed by atoms with Gasteiger partial charge in [0.1, 0.15) is 0 Å². The molecule has 0 amide bonds. The van der Waals surface area contributed by atoms with Crippen molar-refractivity contribution >= 4 is 11.7 Å². The molecule has 0 unspecified atom stereocenters. The van der Waals surface area contributed by atoms with Gasteiger partial charge in [-0.25, -0.2) is 0 Å². The smallest absolute Gasteiger partial charge is 0.303 e. The summed E-state index contributed by atoms with van der Waals surface area (Å²) in [6.07, 6.45) is 2.17. The van der Waals surface area contributed by atoms with Crippen LogP contribution in [-0.4, -0.2) is 29.8 Å². The van der Waals surface area contributed by atoms with Gasteiger partial charge < -0.3 is 4.90 Å². The molecule has 1 aliphatic rings. The summed E-state index contributed by atoms with van der Waals surface area (Å²) in [5.41, 5.74) is 0. The van der Waals surface area contributed by atoms with Gasteiger partial charge in [0.15, 0.2) is 0 Å². The van der Waals surface area contributed by atoms with E-state index in [9.17, 15) is 4.21 Å². The SMILES string of the molecule is CC(C)CN1CCC([S+]=O)CC1. The van der Waals surface area contributed by atoms with Crippen molar-refractivity contribution < 1.29 is 4.21 Å². The first kappa shape index (κ1) is 10.1. The van der Waals surface area contributed by atoms with E-state index in [1.54, 1.807) is 0 Å². The topological polar surface area (TPSA) is 20.3 Å². The van der Waals surface area contributed by atoms with E-state index in [1.807, 2.05) is 0 Å². The van der Waals surface area contributed by atoms with Crippen LogP contribution in [0.2, 0.25) is 0 Å². The summed E-state index contributed by atoms with van der Waals surface area (Å²) in [6.45, 7) is 7.93. The minimum absolute atomic E-state index is 0.383. The molecule has 1 heterocycles. The van der Waals surface area contributed by atoms with E-state index in [-0.39, 0.29) is 0 Å². The lowest BCUT2D eigenvalue weighted by Gasteiger charge is -2.27. The predicted molar refractivity (Wildman–Crippen MR) is 52.4 cm³/mol. The van der Waals surface area contributed by atoms with Crippen LogP contribution in [0.25, 0.3) is 0 Å². The highest BCUT2D eigenvalue weighted by molar-refractivity contribution is 7.66. The highest BCUT2D eigenvalue weighted by atomic mass is 32.1. The fourth-order valence-electron chi connectivity index (χ4n) is 1.70. The zero-order valence-electron chi connectivity index (χ0n) is 7.95. The minimum atomic E-state index is 0.383. The number of hydrogen-bond donors (Lipinski definition) is 0. The number of hydrogen-bond acceptors (Lipinski definition) is 2. The Morgan fingerprint density at radius 1 is 1.42 bits per heavy atom. The molecule has 0 radical (unpaired) electrons. The third-order valence-electron chi connectivity index (χ3n) is 2.29. The van der Waals surface area contributed by atoms with E-state index in [4.69, 9.17) is 0 Å². The Hall–Kier alpha value is -0.0200. The van der Waals surface area contributed by atoms with Gasteiger partial charge in [-0.3, -0.25) is 0 Å². The molecule has 3 heteroatoms. The Labute approximate surface area is 78.8 Å². The molecule has 1 rings (SSSR count). The van der Waals surface area contributed by atoms with Gasteiger partial charge in [0, 0.05) is 36.7 Å². The van der Waals surface area contributed by atoms with Crippen LogP contribution < -0.4 is 0 Å². The first-order chi connectivity index (χ1) is 5.72. The third kappa shape index (κ3) is 3.15. The zero-order chi connectivity index (χ0) is 8.97. The Morgan fingerprint density at radius 3 is 2.42 bits per heavy atom. The van der Waals surface area contributed by atoms with E-state index < -0.39 is 0 Å². The minimum Gasteiger partial charge on any atom is -0.303 e. The Bertz CT molecular complexity index is 141.